The molecule has 1 heterocycles. The number of rotatable bonds is 7. The van der Waals surface area contributed by atoms with E-state index < -0.39 is 0 Å². The minimum Gasteiger partial charge on any atom is -0.494 e. The zero-order valence-corrected chi connectivity index (χ0v) is 14.3. The maximum absolute atomic E-state index is 13.0. The van der Waals surface area contributed by atoms with E-state index in [0.29, 0.717) is 18.4 Å². The Hall–Kier alpha value is -2.14. The predicted octanol–water partition coefficient (Wildman–Crippen LogP) is 3.99. The van der Waals surface area contributed by atoms with Crippen molar-refractivity contribution >= 4 is 5.69 Å². The van der Waals surface area contributed by atoms with Gasteiger partial charge in [0.25, 0.3) is 0 Å². The van der Waals surface area contributed by atoms with Crippen LogP contribution in [0.5, 0.6) is 5.75 Å². The average Bonchev–Trinajstić information content (AvgIpc) is 2.64. The summed E-state index contributed by atoms with van der Waals surface area (Å²) in [6, 6.07) is 13.3. The van der Waals surface area contributed by atoms with E-state index in [2.05, 4.69) is 10.2 Å². The lowest BCUT2D eigenvalue weighted by Crippen LogP contribution is -2.43. The molecule has 1 aliphatic rings. The second-order valence-electron chi connectivity index (χ2n) is 6.35. The fourth-order valence-electron chi connectivity index (χ4n) is 3.09. The van der Waals surface area contributed by atoms with Gasteiger partial charge in [-0.25, -0.2) is 8.78 Å². The summed E-state index contributed by atoms with van der Waals surface area (Å²) in [5.41, 5.74) is 1.09. The van der Waals surface area contributed by atoms with Crippen molar-refractivity contribution in [3.05, 3.63) is 60.2 Å². The summed E-state index contributed by atoms with van der Waals surface area (Å²) in [4.78, 5) is 2.30. The third kappa shape index (κ3) is 5.43. The van der Waals surface area contributed by atoms with E-state index >= 15 is 0 Å². The van der Waals surface area contributed by atoms with Gasteiger partial charge in [-0.15, -0.1) is 0 Å². The predicted molar refractivity (Wildman–Crippen MR) is 96.1 cm³/mol. The van der Waals surface area contributed by atoms with Crippen LogP contribution in [0.1, 0.15) is 19.3 Å². The molecular formula is C20H24F2N2O. The monoisotopic (exact) mass is 346 g/mol. The maximum atomic E-state index is 13.0. The molecule has 0 aromatic heterocycles. The molecule has 0 radical (unpaired) electrons. The number of nitrogens with zero attached hydrogens (tertiary/aromatic N) is 1. The fraction of sp³-hybridized carbons (Fsp3) is 0.400. The first-order valence-electron chi connectivity index (χ1n) is 8.83. The smallest absolute Gasteiger partial charge is 0.123 e. The lowest BCUT2D eigenvalue weighted by molar-refractivity contribution is 0.300. The second kappa shape index (κ2) is 8.81. The van der Waals surface area contributed by atoms with E-state index in [1.165, 1.54) is 24.3 Å². The van der Waals surface area contributed by atoms with E-state index in [1.54, 1.807) is 12.1 Å². The highest BCUT2D eigenvalue weighted by atomic mass is 19.1. The van der Waals surface area contributed by atoms with Crippen LogP contribution in [-0.4, -0.2) is 32.3 Å². The summed E-state index contributed by atoms with van der Waals surface area (Å²) in [6.07, 6.45) is 3.07. The number of benzene rings is 2. The minimum atomic E-state index is -0.249. The fourth-order valence-corrected chi connectivity index (χ4v) is 3.09. The van der Waals surface area contributed by atoms with Crippen molar-refractivity contribution in [2.45, 2.75) is 25.3 Å². The molecule has 0 amide bonds. The first kappa shape index (κ1) is 17.7. The van der Waals surface area contributed by atoms with E-state index in [9.17, 15) is 8.78 Å². The molecule has 0 spiro atoms. The molecule has 0 aliphatic carbocycles. The Morgan fingerprint density at radius 3 is 2.16 bits per heavy atom. The Balaban J connectivity index is 1.30. The van der Waals surface area contributed by atoms with Crippen LogP contribution in [0.4, 0.5) is 14.5 Å². The Bertz CT molecular complexity index is 638. The number of hydrogen-bond acceptors (Lipinski definition) is 3. The van der Waals surface area contributed by atoms with Crippen molar-refractivity contribution in [2.24, 2.45) is 0 Å². The van der Waals surface area contributed by atoms with Gasteiger partial charge in [0.2, 0.25) is 0 Å². The molecule has 1 saturated heterocycles. The number of ether oxygens (including phenoxy) is 1. The van der Waals surface area contributed by atoms with E-state index in [1.807, 2.05) is 12.1 Å². The van der Waals surface area contributed by atoms with Gasteiger partial charge in [-0.05, 0) is 74.3 Å². The zero-order chi connectivity index (χ0) is 17.5. The molecule has 5 heteroatoms. The summed E-state index contributed by atoms with van der Waals surface area (Å²) < 4.78 is 31.4. The lowest BCUT2D eigenvalue weighted by Gasteiger charge is -2.34. The highest BCUT2D eigenvalue weighted by molar-refractivity contribution is 5.46. The van der Waals surface area contributed by atoms with Gasteiger partial charge in [0.1, 0.15) is 17.4 Å². The van der Waals surface area contributed by atoms with Gasteiger partial charge >= 0.3 is 0 Å². The van der Waals surface area contributed by atoms with Crippen LogP contribution in [0.3, 0.4) is 0 Å². The highest BCUT2D eigenvalue weighted by Crippen LogP contribution is 2.20. The van der Waals surface area contributed by atoms with Crippen molar-refractivity contribution in [3.63, 3.8) is 0 Å². The van der Waals surface area contributed by atoms with E-state index in [4.69, 9.17) is 4.74 Å². The van der Waals surface area contributed by atoms with Crippen molar-refractivity contribution in [1.82, 2.24) is 5.32 Å². The first-order valence-corrected chi connectivity index (χ1v) is 8.83. The standard InChI is InChI=1S/C20H24F2N2O/c21-16-2-6-19(7-3-16)24-13-10-18(11-14-24)23-12-1-15-25-20-8-4-17(22)5-9-20/h2-9,18,23H,1,10-15H2. The third-order valence-electron chi connectivity index (χ3n) is 4.52. The number of hydrogen-bond donors (Lipinski definition) is 1. The molecule has 1 fully saturated rings. The van der Waals surface area contributed by atoms with E-state index in [0.717, 1.165) is 44.6 Å². The van der Waals surface area contributed by atoms with Crippen LogP contribution < -0.4 is 15.0 Å². The molecule has 25 heavy (non-hydrogen) atoms. The summed E-state index contributed by atoms with van der Waals surface area (Å²) >= 11 is 0. The van der Waals surface area contributed by atoms with Crippen LogP contribution in [0.15, 0.2) is 48.5 Å². The summed E-state index contributed by atoms with van der Waals surface area (Å²) in [7, 11) is 0. The van der Waals surface area contributed by atoms with Crippen LogP contribution in [0.2, 0.25) is 0 Å². The van der Waals surface area contributed by atoms with Gasteiger partial charge in [-0.1, -0.05) is 0 Å². The van der Waals surface area contributed by atoms with Crippen LogP contribution in [0.25, 0.3) is 0 Å². The number of nitrogens with one attached hydrogen (secondary N) is 1. The van der Waals surface area contributed by atoms with E-state index in [-0.39, 0.29) is 11.6 Å². The molecule has 0 unspecified atom stereocenters. The van der Waals surface area contributed by atoms with Crippen LogP contribution in [-0.2, 0) is 0 Å². The number of piperidine rings is 1. The molecule has 0 saturated carbocycles. The Kier molecular flexibility index (Phi) is 6.23. The summed E-state index contributed by atoms with van der Waals surface area (Å²) in [6.45, 7) is 3.49. The largest absolute Gasteiger partial charge is 0.494 e. The van der Waals surface area contributed by atoms with Gasteiger partial charge in [0.05, 0.1) is 6.61 Å². The molecule has 2 aromatic rings. The SMILES string of the molecule is Fc1ccc(OCCCNC2CCN(c3ccc(F)cc3)CC2)cc1. The molecule has 1 N–H and O–H groups in total. The third-order valence-corrected chi connectivity index (χ3v) is 4.52. The molecule has 1 aliphatic heterocycles. The highest BCUT2D eigenvalue weighted by Gasteiger charge is 2.18. The van der Waals surface area contributed by atoms with Gasteiger partial charge in [-0.2, -0.15) is 0 Å². The molecule has 0 atom stereocenters. The summed E-state index contributed by atoms with van der Waals surface area (Å²) in [5, 5.41) is 3.57. The second-order valence-corrected chi connectivity index (χ2v) is 6.35. The van der Waals surface area contributed by atoms with Crippen molar-refractivity contribution < 1.29 is 13.5 Å². The van der Waals surface area contributed by atoms with Crippen molar-refractivity contribution in [1.29, 1.82) is 0 Å². The maximum Gasteiger partial charge on any atom is 0.123 e. The van der Waals surface area contributed by atoms with Crippen LogP contribution >= 0.6 is 0 Å². The van der Waals surface area contributed by atoms with Gasteiger partial charge in [0.15, 0.2) is 0 Å². The Labute approximate surface area is 147 Å². The lowest BCUT2D eigenvalue weighted by atomic mass is 10.0. The Morgan fingerprint density at radius 2 is 1.52 bits per heavy atom. The molecule has 3 nitrogen and oxygen atoms in total. The molecule has 0 bridgehead atoms. The van der Waals surface area contributed by atoms with Crippen molar-refractivity contribution in [2.75, 3.05) is 31.1 Å². The molecule has 2 aromatic carbocycles. The van der Waals surface area contributed by atoms with Crippen LogP contribution in [0, 0.1) is 11.6 Å². The van der Waals surface area contributed by atoms with Gasteiger partial charge in [-0.3, -0.25) is 0 Å². The van der Waals surface area contributed by atoms with Gasteiger partial charge < -0.3 is 15.0 Å². The number of halogens is 2. The molecule has 134 valence electrons. The Morgan fingerprint density at radius 1 is 0.920 bits per heavy atom. The minimum absolute atomic E-state index is 0.192. The zero-order valence-electron chi connectivity index (χ0n) is 14.3. The first-order chi connectivity index (χ1) is 12.2. The quantitative estimate of drug-likeness (QED) is 0.767. The molecular weight excluding hydrogens is 322 g/mol. The summed E-state index contributed by atoms with van der Waals surface area (Å²) in [5.74, 6) is 0.262. The topological polar surface area (TPSA) is 24.5 Å². The molecule has 3 rings (SSSR count). The number of anilines is 1. The normalized spacial score (nSPS) is 15.4. The van der Waals surface area contributed by atoms with Crippen molar-refractivity contribution in [3.8, 4) is 5.75 Å². The average molecular weight is 346 g/mol. The van der Waals surface area contributed by atoms with Gasteiger partial charge in [0, 0.05) is 24.8 Å².